The molecular formula is C17H19N3O4. The minimum absolute atomic E-state index is 0.0605. The van der Waals surface area contributed by atoms with E-state index in [9.17, 15) is 19.7 Å². The van der Waals surface area contributed by atoms with Crippen molar-refractivity contribution in [1.29, 1.82) is 0 Å². The van der Waals surface area contributed by atoms with Crippen molar-refractivity contribution < 1.29 is 14.5 Å². The van der Waals surface area contributed by atoms with E-state index in [2.05, 4.69) is 4.90 Å². The molecule has 126 valence electrons. The van der Waals surface area contributed by atoms with E-state index in [1.165, 1.54) is 35.9 Å². The molecule has 2 fully saturated rings. The summed E-state index contributed by atoms with van der Waals surface area (Å²) in [6.07, 6.45) is 6.75. The number of hydrogen-bond acceptors (Lipinski definition) is 5. The van der Waals surface area contributed by atoms with Crippen LogP contribution in [-0.2, 0) is 0 Å². The largest absolute Gasteiger partial charge is 0.282 e. The van der Waals surface area contributed by atoms with Crippen LogP contribution in [0.25, 0.3) is 0 Å². The molecule has 1 aromatic carbocycles. The summed E-state index contributed by atoms with van der Waals surface area (Å²) in [7, 11) is 0. The maximum absolute atomic E-state index is 12.7. The third-order valence-electron chi connectivity index (χ3n) is 5.29. The number of hydrogen-bond donors (Lipinski definition) is 0. The summed E-state index contributed by atoms with van der Waals surface area (Å²) < 4.78 is 0. The van der Waals surface area contributed by atoms with E-state index < -0.39 is 16.7 Å². The molecule has 0 atom stereocenters. The maximum Gasteiger partial charge on any atom is 0.282 e. The van der Waals surface area contributed by atoms with Gasteiger partial charge in [-0.15, -0.1) is 0 Å². The Morgan fingerprint density at radius 3 is 2.38 bits per heavy atom. The molecule has 0 saturated heterocycles. The lowest BCUT2D eigenvalue weighted by molar-refractivity contribution is -0.385. The number of benzene rings is 1. The van der Waals surface area contributed by atoms with Crippen LogP contribution in [0.1, 0.15) is 59.2 Å². The van der Waals surface area contributed by atoms with Crippen molar-refractivity contribution >= 4 is 17.5 Å². The Hall–Kier alpha value is -2.28. The molecule has 0 unspecified atom stereocenters. The molecule has 1 heterocycles. The van der Waals surface area contributed by atoms with Crippen LogP contribution >= 0.6 is 0 Å². The second kappa shape index (κ2) is 5.66. The van der Waals surface area contributed by atoms with E-state index in [-0.39, 0.29) is 23.5 Å². The molecule has 3 aliphatic rings. The van der Waals surface area contributed by atoms with Gasteiger partial charge in [-0.05, 0) is 31.7 Å². The van der Waals surface area contributed by atoms with Crippen LogP contribution < -0.4 is 0 Å². The van der Waals surface area contributed by atoms with E-state index in [1.807, 2.05) is 0 Å². The molecule has 7 heteroatoms. The first kappa shape index (κ1) is 15.3. The molecule has 0 spiro atoms. The fourth-order valence-electron chi connectivity index (χ4n) is 3.93. The minimum Gasteiger partial charge on any atom is -0.280 e. The van der Waals surface area contributed by atoms with Crippen molar-refractivity contribution in [3.63, 3.8) is 0 Å². The third-order valence-corrected chi connectivity index (χ3v) is 5.29. The summed E-state index contributed by atoms with van der Waals surface area (Å²) in [5.74, 6) is -0.951. The number of amides is 2. The summed E-state index contributed by atoms with van der Waals surface area (Å²) in [5, 5.41) is 11.2. The van der Waals surface area contributed by atoms with E-state index in [0.29, 0.717) is 12.1 Å². The number of nitro groups is 1. The molecular weight excluding hydrogens is 310 g/mol. The minimum atomic E-state index is -0.594. The Morgan fingerprint density at radius 2 is 1.75 bits per heavy atom. The van der Waals surface area contributed by atoms with Crippen LogP contribution in [0.3, 0.4) is 0 Å². The number of imide groups is 1. The zero-order valence-corrected chi connectivity index (χ0v) is 13.3. The van der Waals surface area contributed by atoms with Gasteiger partial charge in [-0.3, -0.25) is 29.5 Å². The molecule has 1 aliphatic heterocycles. The first-order valence-electron chi connectivity index (χ1n) is 8.47. The van der Waals surface area contributed by atoms with Crippen LogP contribution in [0.5, 0.6) is 0 Å². The van der Waals surface area contributed by atoms with Gasteiger partial charge in [-0.25, -0.2) is 0 Å². The average molecular weight is 329 g/mol. The van der Waals surface area contributed by atoms with Crippen LogP contribution in [-0.4, -0.2) is 45.3 Å². The smallest absolute Gasteiger partial charge is 0.280 e. The molecule has 0 bridgehead atoms. The number of carbonyl (C=O) groups excluding carboxylic acids is 2. The van der Waals surface area contributed by atoms with Gasteiger partial charge < -0.3 is 0 Å². The summed E-state index contributed by atoms with van der Waals surface area (Å²) in [6, 6.07) is 5.09. The second-order valence-corrected chi connectivity index (χ2v) is 6.82. The summed E-state index contributed by atoms with van der Waals surface area (Å²) >= 11 is 0. The second-order valence-electron chi connectivity index (χ2n) is 6.82. The highest BCUT2D eigenvalue weighted by Gasteiger charge is 2.44. The van der Waals surface area contributed by atoms with Crippen molar-refractivity contribution in [2.75, 3.05) is 6.67 Å². The van der Waals surface area contributed by atoms with Gasteiger partial charge in [0.1, 0.15) is 5.56 Å². The molecule has 7 nitrogen and oxygen atoms in total. The molecule has 4 rings (SSSR count). The van der Waals surface area contributed by atoms with Gasteiger partial charge in [0.15, 0.2) is 0 Å². The molecule has 0 aromatic heterocycles. The van der Waals surface area contributed by atoms with Crippen molar-refractivity contribution in [2.45, 2.75) is 50.6 Å². The fraction of sp³-hybridized carbons (Fsp3) is 0.529. The third kappa shape index (κ3) is 2.39. The van der Waals surface area contributed by atoms with E-state index >= 15 is 0 Å². The van der Waals surface area contributed by atoms with Crippen LogP contribution in [0.15, 0.2) is 18.2 Å². The molecule has 0 radical (unpaired) electrons. The van der Waals surface area contributed by atoms with Gasteiger partial charge in [-0.2, -0.15) is 0 Å². The van der Waals surface area contributed by atoms with Crippen molar-refractivity contribution in [3.05, 3.63) is 39.4 Å². The normalized spacial score (nSPS) is 21.0. The standard InChI is InChI=1S/C17H19N3O4/c21-16-13-6-3-7-14(20(23)24)15(13)17(22)19(16)10-18(12-8-9-12)11-4-1-2-5-11/h3,6-7,11-12H,1-2,4-5,8-10H2. The number of nitrogens with zero attached hydrogens (tertiary/aromatic N) is 3. The van der Waals surface area contributed by atoms with Gasteiger partial charge in [-0.1, -0.05) is 18.9 Å². The molecule has 24 heavy (non-hydrogen) atoms. The lowest BCUT2D eigenvalue weighted by atomic mass is 10.1. The first-order valence-corrected chi connectivity index (χ1v) is 8.47. The van der Waals surface area contributed by atoms with Gasteiger partial charge in [0.2, 0.25) is 0 Å². The highest BCUT2D eigenvalue weighted by atomic mass is 16.6. The monoisotopic (exact) mass is 329 g/mol. The number of rotatable bonds is 5. The first-order chi connectivity index (χ1) is 11.6. The fourth-order valence-corrected chi connectivity index (χ4v) is 3.93. The summed E-state index contributed by atoms with van der Waals surface area (Å²) in [4.78, 5) is 39.4. The Bertz CT molecular complexity index is 723. The quantitative estimate of drug-likeness (QED) is 0.471. The Kier molecular flexibility index (Phi) is 3.60. The SMILES string of the molecule is O=C1c2cccc([N+](=O)[O-])c2C(=O)N1CN(C1CCCC1)C1CC1. The molecule has 2 aliphatic carbocycles. The van der Waals surface area contributed by atoms with E-state index in [0.717, 1.165) is 25.7 Å². The Morgan fingerprint density at radius 1 is 1.08 bits per heavy atom. The predicted molar refractivity (Wildman–Crippen MR) is 85.6 cm³/mol. The van der Waals surface area contributed by atoms with Crippen molar-refractivity contribution in [2.24, 2.45) is 0 Å². The highest BCUT2D eigenvalue weighted by molar-refractivity contribution is 6.23. The van der Waals surface area contributed by atoms with Gasteiger partial charge in [0.25, 0.3) is 17.5 Å². The molecule has 1 aromatic rings. The Balaban J connectivity index is 1.62. The molecule has 2 amide bonds. The number of fused-ring (bicyclic) bond motifs is 1. The van der Waals surface area contributed by atoms with Crippen LogP contribution in [0.4, 0.5) is 5.69 Å². The predicted octanol–water partition coefficient (Wildman–Crippen LogP) is 2.56. The van der Waals surface area contributed by atoms with Crippen molar-refractivity contribution in [3.8, 4) is 0 Å². The van der Waals surface area contributed by atoms with Gasteiger partial charge in [0, 0.05) is 18.2 Å². The zero-order chi connectivity index (χ0) is 16.8. The maximum atomic E-state index is 12.7. The summed E-state index contributed by atoms with van der Waals surface area (Å²) in [5.41, 5.74) is -0.196. The van der Waals surface area contributed by atoms with Gasteiger partial charge >= 0.3 is 0 Å². The van der Waals surface area contributed by atoms with Crippen LogP contribution in [0.2, 0.25) is 0 Å². The number of nitro benzene ring substituents is 1. The van der Waals surface area contributed by atoms with Crippen molar-refractivity contribution in [1.82, 2.24) is 9.80 Å². The lowest BCUT2D eigenvalue weighted by Gasteiger charge is -2.31. The highest BCUT2D eigenvalue weighted by Crippen LogP contribution is 2.36. The summed E-state index contributed by atoms with van der Waals surface area (Å²) in [6.45, 7) is 0.249. The Labute approximate surface area is 139 Å². The lowest BCUT2D eigenvalue weighted by Crippen LogP contribution is -2.46. The number of carbonyl (C=O) groups is 2. The molecule has 0 N–H and O–H groups in total. The van der Waals surface area contributed by atoms with Crippen LogP contribution in [0, 0.1) is 10.1 Å². The van der Waals surface area contributed by atoms with Gasteiger partial charge in [0.05, 0.1) is 17.2 Å². The topological polar surface area (TPSA) is 83.8 Å². The molecule has 2 saturated carbocycles. The van der Waals surface area contributed by atoms with E-state index in [1.54, 1.807) is 0 Å². The average Bonchev–Trinajstić information content (AvgIpc) is 3.21. The van der Waals surface area contributed by atoms with E-state index in [4.69, 9.17) is 0 Å². The zero-order valence-electron chi connectivity index (χ0n) is 13.3.